The average molecular weight is 449 g/mol. The highest BCUT2D eigenvalue weighted by Gasteiger charge is 2.26. The molecule has 0 bridgehead atoms. The highest BCUT2D eigenvalue weighted by atomic mass is 31.1. The molecule has 31 heavy (non-hydrogen) atoms. The van der Waals surface area contributed by atoms with Crippen LogP contribution in [0.4, 0.5) is 5.95 Å². The first-order valence-electron chi connectivity index (χ1n) is 10.0. The van der Waals surface area contributed by atoms with Crippen LogP contribution < -0.4 is 16.4 Å². The Kier molecular flexibility index (Phi) is 8.05. The monoisotopic (exact) mass is 449 g/mol. The smallest absolute Gasteiger partial charge is 0.368 e. The Morgan fingerprint density at radius 3 is 2.77 bits per heavy atom. The van der Waals surface area contributed by atoms with Gasteiger partial charge in [-0.1, -0.05) is 0 Å². The summed E-state index contributed by atoms with van der Waals surface area (Å²) in [5.41, 5.74) is 7.40. The van der Waals surface area contributed by atoms with E-state index in [0.717, 1.165) is 25.7 Å². The molecule has 11 nitrogen and oxygen atoms in total. The minimum atomic E-state index is -2.64. The number of H-pyrrole nitrogens is 1. The number of nitrogens with one attached hydrogen (secondary N) is 3. The first-order chi connectivity index (χ1) is 14.9. The van der Waals surface area contributed by atoms with Crippen LogP contribution in [0, 0.1) is 11.8 Å². The fraction of sp³-hybridized carbons (Fsp3) is 0.474. The predicted molar refractivity (Wildman–Crippen MR) is 113 cm³/mol. The number of hydrogen-bond acceptors (Lipinski definition) is 7. The third-order valence-corrected chi connectivity index (χ3v) is 5.67. The quantitative estimate of drug-likeness (QED) is 0.282. The molecule has 2 aromatic rings. The molecule has 1 saturated carbocycles. The van der Waals surface area contributed by atoms with E-state index >= 15 is 0 Å². The van der Waals surface area contributed by atoms with E-state index in [-0.39, 0.29) is 36.8 Å². The number of nitrogens with zero attached hydrogens (tertiary/aromatic N) is 2. The first-order valence-corrected chi connectivity index (χ1v) is 11.2. The van der Waals surface area contributed by atoms with Crippen molar-refractivity contribution in [2.24, 2.45) is 11.8 Å². The van der Waals surface area contributed by atoms with Crippen molar-refractivity contribution < 1.29 is 23.6 Å². The molecular weight excluding hydrogens is 423 g/mol. The minimum Gasteiger partial charge on any atom is -0.368 e. The molecule has 0 saturated heterocycles. The lowest BCUT2D eigenvalue weighted by Crippen LogP contribution is -2.37. The maximum absolute atomic E-state index is 12.5. The van der Waals surface area contributed by atoms with Gasteiger partial charge < -0.3 is 21.4 Å². The molecule has 0 spiro atoms. The second-order valence-corrected chi connectivity index (χ2v) is 8.13. The van der Waals surface area contributed by atoms with Gasteiger partial charge in [0.25, 0.3) is 5.91 Å². The van der Waals surface area contributed by atoms with Crippen LogP contribution in [-0.4, -0.2) is 51.4 Å². The van der Waals surface area contributed by atoms with Crippen molar-refractivity contribution in [3.05, 3.63) is 30.1 Å². The molecule has 0 aliphatic heterocycles. The molecule has 0 aromatic carbocycles. The van der Waals surface area contributed by atoms with E-state index in [4.69, 9.17) is 10.6 Å². The van der Waals surface area contributed by atoms with E-state index in [1.165, 1.54) is 0 Å². The van der Waals surface area contributed by atoms with Crippen molar-refractivity contribution in [3.63, 3.8) is 0 Å². The summed E-state index contributed by atoms with van der Waals surface area (Å²) in [7, 11) is -2.64. The van der Waals surface area contributed by atoms with Gasteiger partial charge in [-0.2, -0.15) is 0 Å². The molecule has 12 heteroatoms. The Labute approximate surface area is 180 Å². The van der Waals surface area contributed by atoms with Gasteiger partial charge in [-0.3, -0.25) is 9.59 Å². The van der Waals surface area contributed by atoms with Crippen molar-refractivity contribution in [3.8, 4) is 11.4 Å². The van der Waals surface area contributed by atoms with Crippen LogP contribution in [0.3, 0.4) is 0 Å². The number of amides is 2. The average Bonchev–Trinajstić information content (AvgIpc) is 3.26. The summed E-state index contributed by atoms with van der Waals surface area (Å²) in [6.07, 6.45) is 6.35. The van der Waals surface area contributed by atoms with E-state index in [1.807, 2.05) is 0 Å². The molecule has 2 amide bonds. The van der Waals surface area contributed by atoms with Crippen LogP contribution in [0.25, 0.3) is 11.4 Å². The summed E-state index contributed by atoms with van der Waals surface area (Å²) in [5, 5.41) is 5.68. The van der Waals surface area contributed by atoms with Crippen molar-refractivity contribution in [2.75, 3.05) is 25.4 Å². The maximum atomic E-state index is 12.5. The highest BCUT2D eigenvalue weighted by molar-refractivity contribution is 7.32. The molecule has 3 rings (SSSR count). The fourth-order valence-corrected chi connectivity index (χ4v) is 3.85. The number of nitrogens with two attached hydrogens (primary N) is 1. The molecule has 1 aliphatic carbocycles. The lowest BCUT2D eigenvalue weighted by molar-refractivity contribution is -0.126. The number of rotatable bonds is 9. The summed E-state index contributed by atoms with van der Waals surface area (Å²) in [4.78, 5) is 44.2. The topological polar surface area (TPSA) is 172 Å². The number of nitrogen functional groups attached to an aromatic ring is 1. The molecule has 2 heterocycles. The standard InChI is InChI=1S/C19H25N6O5P/c20-19-22-6-5-15(25-19)16-9-14(11-23-16)18(27)24-10-12-1-3-13(4-2-12)17(26)21-7-8-30-31(28)29/h5-6,9,11-13H,1-4,7-8,10H2,(H5-,20,21,22,23,24,25,26,27,28,29)/p+1. The third kappa shape index (κ3) is 6.81. The lowest BCUT2D eigenvalue weighted by Gasteiger charge is -2.27. The van der Waals surface area contributed by atoms with Gasteiger partial charge in [0.05, 0.1) is 17.0 Å². The molecule has 6 N–H and O–H groups in total. The zero-order valence-electron chi connectivity index (χ0n) is 16.9. The van der Waals surface area contributed by atoms with Gasteiger partial charge in [-0.05, 0) is 43.7 Å². The van der Waals surface area contributed by atoms with E-state index in [9.17, 15) is 14.2 Å². The summed E-state index contributed by atoms with van der Waals surface area (Å²) in [6, 6.07) is 3.43. The lowest BCUT2D eigenvalue weighted by atomic mass is 9.81. The molecule has 1 fully saturated rings. The van der Waals surface area contributed by atoms with Crippen LogP contribution in [0.15, 0.2) is 24.5 Å². The van der Waals surface area contributed by atoms with E-state index in [0.29, 0.717) is 29.4 Å². The molecule has 2 aromatic heterocycles. The molecule has 1 unspecified atom stereocenters. The van der Waals surface area contributed by atoms with Crippen LogP contribution in [0.1, 0.15) is 36.0 Å². The maximum Gasteiger partial charge on any atom is 0.694 e. The van der Waals surface area contributed by atoms with Crippen LogP contribution in [-0.2, 0) is 13.9 Å². The number of aromatic amines is 1. The third-order valence-electron chi connectivity index (χ3n) is 5.27. The largest absolute Gasteiger partial charge is 0.694 e. The second-order valence-electron chi connectivity index (χ2n) is 7.39. The van der Waals surface area contributed by atoms with Crippen LogP contribution >= 0.6 is 8.25 Å². The van der Waals surface area contributed by atoms with Gasteiger partial charge in [-0.15, -0.1) is 9.42 Å². The summed E-state index contributed by atoms with van der Waals surface area (Å²) >= 11 is 0. The molecular formula is C19H26N6O5P+. The molecule has 1 atom stereocenters. The minimum absolute atomic E-state index is 0.00426. The van der Waals surface area contributed by atoms with Gasteiger partial charge >= 0.3 is 8.25 Å². The van der Waals surface area contributed by atoms with Crippen molar-refractivity contribution in [1.29, 1.82) is 0 Å². The van der Waals surface area contributed by atoms with Crippen molar-refractivity contribution >= 4 is 26.0 Å². The van der Waals surface area contributed by atoms with E-state index in [1.54, 1.807) is 24.5 Å². The first kappa shape index (κ1) is 22.8. The van der Waals surface area contributed by atoms with Gasteiger partial charge in [-0.25, -0.2) is 9.97 Å². The van der Waals surface area contributed by atoms with Gasteiger partial charge in [0.1, 0.15) is 6.61 Å². The van der Waals surface area contributed by atoms with Gasteiger partial charge in [0.15, 0.2) is 0 Å². The Morgan fingerprint density at radius 2 is 2.06 bits per heavy atom. The Bertz CT molecular complexity index is 928. The Hall–Kier alpha value is -2.88. The molecule has 166 valence electrons. The number of aromatic nitrogens is 3. The zero-order chi connectivity index (χ0) is 22.2. The summed E-state index contributed by atoms with van der Waals surface area (Å²) in [6.45, 7) is 0.756. The highest BCUT2D eigenvalue weighted by Crippen LogP contribution is 2.28. The van der Waals surface area contributed by atoms with Gasteiger partial charge in [0.2, 0.25) is 11.9 Å². The number of carbonyl (C=O) groups excluding carboxylic acids is 2. The number of anilines is 1. The number of carbonyl (C=O) groups is 2. The van der Waals surface area contributed by atoms with Gasteiger partial charge in [0, 0.05) is 36.0 Å². The molecule has 0 radical (unpaired) electrons. The predicted octanol–water partition coefficient (Wildman–Crippen LogP) is 1.37. The van der Waals surface area contributed by atoms with Crippen LogP contribution in [0.5, 0.6) is 0 Å². The second kappa shape index (κ2) is 10.9. The molecule has 1 aliphatic rings. The van der Waals surface area contributed by atoms with Crippen molar-refractivity contribution in [2.45, 2.75) is 25.7 Å². The zero-order valence-corrected chi connectivity index (χ0v) is 17.8. The fourth-order valence-electron chi connectivity index (χ4n) is 3.61. The summed E-state index contributed by atoms with van der Waals surface area (Å²) in [5.74, 6) is 0.158. The van der Waals surface area contributed by atoms with Crippen molar-refractivity contribution in [1.82, 2.24) is 25.6 Å². The summed E-state index contributed by atoms with van der Waals surface area (Å²) < 4.78 is 14.9. The number of hydrogen-bond donors (Lipinski definition) is 5. The SMILES string of the molecule is Nc1nccc(-c2cc(C(=O)NCC3CCC(C(=O)NCCO[P+](=O)O)CC3)c[nH]2)n1. The normalized spacial score (nSPS) is 18.9. The van der Waals surface area contributed by atoms with E-state index in [2.05, 4.69) is 30.1 Å². The Morgan fingerprint density at radius 1 is 1.29 bits per heavy atom. The Balaban J connectivity index is 1.39. The van der Waals surface area contributed by atoms with E-state index < -0.39 is 8.25 Å². The van der Waals surface area contributed by atoms with Crippen LogP contribution in [0.2, 0.25) is 0 Å².